The first-order valence-corrected chi connectivity index (χ1v) is 9.06. The third-order valence-corrected chi connectivity index (χ3v) is 4.47. The van der Waals surface area contributed by atoms with Crippen LogP contribution in [0.15, 0.2) is 30.3 Å². The first kappa shape index (κ1) is 23.1. The molecule has 2 aromatic carbocycles. The van der Waals surface area contributed by atoms with Crippen LogP contribution in [0, 0.1) is 10.1 Å². The van der Waals surface area contributed by atoms with Gasteiger partial charge >= 0.3 is 6.61 Å². The summed E-state index contributed by atoms with van der Waals surface area (Å²) in [6.45, 7) is 0.0563. The quantitative estimate of drug-likeness (QED) is 0.392. The molecule has 0 unspecified atom stereocenters. The van der Waals surface area contributed by atoms with Crippen molar-refractivity contribution in [1.82, 2.24) is 4.90 Å². The summed E-state index contributed by atoms with van der Waals surface area (Å²) in [7, 11) is 4.37. The van der Waals surface area contributed by atoms with Crippen LogP contribution in [0.1, 0.15) is 18.1 Å². The zero-order chi connectivity index (χ0) is 22.3. The van der Waals surface area contributed by atoms with Gasteiger partial charge in [0.25, 0.3) is 5.69 Å². The lowest BCUT2D eigenvalue weighted by atomic mass is 10.1. The topological polar surface area (TPSA) is 83.3 Å². The van der Waals surface area contributed by atoms with Gasteiger partial charge in [0.2, 0.25) is 0 Å². The smallest absolute Gasteiger partial charge is 0.387 e. The van der Waals surface area contributed by atoms with E-state index in [1.807, 2.05) is 24.0 Å². The Labute approximate surface area is 173 Å². The lowest BCUT2D eigenvalue weighted by molar-refractivity contribution is -0.385. The molecule has 0 radical (unpaired) electrons. The van der Waals surface area contributed by atoms with Crippen molar-refractivity contribution in [2.24, 2.45) is 0 Å². The molecule has 0 bridgehead atoms. The van der Waals surface area contributed by atoms with E-state index in [4.69, 9.17) is 14.2 Å². The summed E-state index contributed by atoms with van der Waals surface area (Å²) in [5.74, 6) is 0.787. The summed E-state index contributed by atoms with van der Waals surface area (Å²) in [6.07, 6.45) is 0. The van der Waals surface area contributed by atoms with Crippen molar-refractivity contribution >= 4 is 5.69 Å². The van der Waals surface area contributed by atoms with Gasteiger partial charge in [0.15, 0.2) is 23.0 Å². The van der Waals surface area contributed by atoms with Crippen molar-refractivity contribution in [3.05, 3.63) is 51.6 Å². The first-order chi connectivity index (χ1) is 14.3. The highest BCUT2D eigenvalue weighted by Gasteiger charge is 2.23. The van der Waals surface area contributed by atoms with Crippen LogP contribution in [-0.4, -0.2) is 44.3 Å². The molecule has 0 aliphatic heterocycles. The number of nitrogens with zero attached hydrogens (tertiary/aromatic N) is 2. The maximum absolute atomic E-state index is 12.6. The van der Waals surface area contributed by atoms with E-state index >= 15 is 0 Å². The molecule has 164 valence electrons. The Morgan fingerprint density at radius 2 is 1.60 bits per heavy atom. The lowest BCUT2D eigenvalue weighted by Crippen LogP contribution is -2.23. The van der Waals surface area contributed by atoms with Crippen LogP contribution in [0.2, 0.25) is 0 Å². The van der Waals surface area contributed by atoms with Crippen LogP contribution in [0.4, 0.5) is 14.5 Å². The lowest BCUT2D eigenvalue weighted by Gasteiger charge is -2.22. The molecular weight excluding hydrogens is 402 g/mol. The minimum Gasteiger partial charge on any atom is -0.493 e. The van der Waals surface area contributed by atoms with Crippen LogP contribution < -0.4 is 18.9 Å². The zero-order valence-electron chi connectivity index (χ0n) is 17.2. The second-order valence-corrected chi connectivity index (χ2v) is 6.26. The molecule has 2 aromatic rings. The minimum absolute atomic E-state index is 0.00179. The Kier molecular flexibility index (Phi) is 8.16. The molecule has 30 heavy (non-hydrogen) atoms. The van der Waals surface area contributed by atoms with E-state index in [1.165, 1.54) is 20.3 Å². The number of ether oxygens (including phenoxy) is 4. The number of benzene rings is 2. The van der Waals surface area contributed by atoms with Crippen molar-refractivity contribution < 1.29 is 32.7 Å². The largest absolute Gasteiger partial charge is 0.493 e. The van der Waals surface area contributed by atoms with Crippen molar-refractivity contribution in [2.75, 3.05) is 27.9 Å². The van der Waals surface area contributed by atoms with Gasteiger partial charge in [-0.15, -0.1) is 0 Å². The monoisotopic (exact) mass is 426 g/mol. The Hall–Kier alpha value is -3.14. The highest BCUT2D eigenvalue weighted by atomic mass is 19.3. The third kappa shape index (κ3) is 5.69. The van der Waals surface area contributed by atoms with Gasteiger partial charge in [-0.3, -0.25) is 15.0 Å². The average molecular weight is 426 g/mol. The second-order valence-electron chi connectivity index (χ2n) is 6.26. The average Bonchev–Trinajstić information content (AvgIpc) is 2.73. The van der Waals surface area contributed by atoms with Gasteiger partial charge in [-0.1, -0.05) is 13.0 Å². The molecule has 2 rings (SSSR count). The molecule has 0 heterocycles. The van der Waals surface area contributed by atoms with E-state index in [2.05, 4.69) is 4.74 Å². The number of hydrogen-bond donors (Lipinski definition) is 0. The summed E-state index contributed by atoms with van der Waals surface area (Å²) in [5, 5.41) is 11.5. The molecule has 0 aliphatic rings. The number of rotatable bonds is 11. The van der Waals surface area contributed by atoms with Gasteiger partial charge in [-0.25, -0.2) is 0 Å². The molecule has 0 atom stereocenters. The van der Waals surface area contributed by atoms with E-state index in [9.17, 15) is 18.9 Å². The molecule has 0 aromatic heterocycles. The summed E-state index contributed by atoms with van der Waals surface area (Å²) in [6, 6.07) is 7.80. The van der Waals surface area contributed by atoms with E-state index < -0.39 is 11.5 Å². The fourth-order valence-electron chi connectivity index (χ4n) is 2.99. The van der Waals surface area contributed by atoms with E-state index in [0.717, 1.165) is 11.6 Å². The SMILES string of the molecule is CCN(Cc1ccc(OC)c(OC)c1)Cc1cc(OC)c(OC(F)F)cc1[N+](=O)[O-]. The van der Waals surface area contributed by atoms with Crippen molar-refractivity contribution in [3.8, 4) is 23.0 Å². The van der Waals surface area contributed by atoms with Crippen molar-refractivity contribution in [2.45, 2.75) is 26.6 Å². The molecule has 0 amide bonds. The number of methoxy groups -OCH3 is 3. The van der Waals surface area contributed by atoms with Crippen molar-refractivity contribution in [1.29, 1.82) is 0 Å². The number of nitro benzene ring substituents is 1. The van der Waals surface area contributed by atoms with Crippen LogP contribution in [0.25, 0.3) is 0 Å². The second kappa shape index (κ2) is 10.6. The van der Waals surface area contributed by atoms with E-state index in [1.54, 1.807) is 13.2 Å². The molecule has 0 spiro atoms. The maximum atomic E-state index is 12.6. The summed E-state index contributed by atoms with van der Waals surface area (Å²) in [5.41, 5.74) is 0.916. The van der Waals surface area contributed by atoms with Gasteiger partial charge in [0.1, 0.15) is 0 Å². The highest BCUT2D eigenvalue weighted by Crippen LogP contribution is 2.36. The van der Waals surface area contributed by atoms with Crippen LogP contribution in [0.5, 0.6) is 23.0 Å². The normalized spacial score (nSPS) is 10.9. The molecule has 0 saturated carbocycles. The van der Waals surface area contributed by atoms with Gasteiger partial charge < -0.3 is 18.9 Å². The van der Waals surface area contributed by atoms with Crippen LogP contribution >= 0.6 is 0 Å². The Morgan fingerprint density at radius 1 is 0.967 bits per heavy atom. The number of nitro groups is 1. The molecule has 0 fully saturated rings. The van der Waals surface area contributed by atoms with Crippen molar-refractivity contribution in [3.63, 3.8) is 0 Å². The minimum atomic E-state index is -3.12. The van der Waals surface area contributed by atoms with Crippen LogP contribution in [0.3, 0.4) is 0 Å². The molecule has 8 nitrogen and oxygen atoms in total. The van der Waals surface area contributed by atoms with Gasteiger partial charge in [-0.05, 0) is 30.3 Å². The Balaban J connectivity index is 2.32. The fraction of sp³-hybridized carbons (Fsp3) is 0.400. The van der Waals surface area contributed by atoms with E-state index in [-0.39, 0.29) is 23.7 Å². The van der Waals surface area contributed by atoms with Gasteiger partial charge in [0, 0.05) is 18.7 Å². The van der Waals surface area contributed by atoms with Gasteiger partial charge in [-0.2, -0.15) is 8.78 Å². The van der Waals surface area contributed by atoms with Gasteiger partial charge in [0.05, 0.1) is 32.3 Å². The summed E-state index contributed by atoms with van der Waals surface area (Å²) in [4.78, 5) is 12.8. The summed E-state index contributed by atoms with van der Waals surface area (Å²) < 4.78 is 45.2. The molecule has 0 N–H and O–H groups in total. The molecule has 0 saturated heterocycles. The number of halogens is 2. The molecular formula is C20H24F2N2O6. The Morgan fingerprint density at radius 3 is 2.13 bits per heavy atom. The predicted molar refractivity (Wildman–Crippen MR) is 106 cm³/mol. The first-order valence-electron chi connectivity index (χ1n) is 9.06. The number of alkyl halides is 2. The zero-order valence-corrected chi connectivity index (χ0v) is 17.2. The maximum Gasteiger partial charge on any atom is 0.387 e. The Bertz CT molecular complexity index is 879. The predicted octanol–water partition coefficient (Wildman–Crippen LogP) is 4.24. The number of hydrogen-bond acceptors (Lipinski definition) is 7. The molecule has 10 heteroatoms. The summed E-state index contributed by atoms with van der Waals surface area (Å²) >= 11 is 0. The standard InChI is InChI=1S/C20H24F2N2O6/c1-5-23(11-13-6-7-16(27-2)17(8-13)28-3)12-14-9-18(29-4)19(30-20(21)22)10-15(14)24(25)26/h6-10,20H,5,11-12H2,1-4H3. The highest BCUT2D eigenvalue weighted by molar-refractivity contribution is 5.54. The fourth-order valence-corrected chi connectivity index (χ4v) is 2.99. The van der Waals surface area contributed by atoms with Crippen LogP contribution in [-0.2, 0) is 13.1 Å². The third-order valence-electron chi connectivity index (χ3n) is 4.47. The molecule has 0 aliphatic carbocycles. The van der Waals surface area contributed by atoms with E-state index in [0.29, 0.717) is 30.2 Å².